The van der Waals surface area contributed by atoms with E-state index in [0.717, 1.165) is 17.9 Å². The van der Waals surface area contributed by atoms with E-state index in [4.69, 9.17) is 0 Å². The molecule has 20 heavy (non-hydrogen) atoms. The van der Waals surface area contributed by atoms with E-state index in [-0.39, 0.29) is 0 Å². The zero-order valence-corrected chi connectivity index (χ0v) is 15.0. The van der Waals surface area contributed by atoms with Gasteiger partial charge in [0.2, 0.25) is 0 Å². The fraction of sp³-hybridized carbons (Fsp3) is 1.00. The highest BCUT2D eigenvalue weighted by Gasteiger charge is 2.18. The maximum absolute atomic E-state index is 3.77. The Balaban J connectivity index is 3.68. The molecule has 0 aromatic heterocycles. The molecule has 2 unspecified atom stereocenters. The van der Waals surface area contributed by atoms with Crippen molar-refractivity contribution in [2.24, 2.45) is 11.8 Å². The first-order valence-electron chi connectivity index (χ1n) is 9.36. The van der Waals surface area contributed by atoms with Crippen LogP contribution in [0.15, 0.2) is 0 Å². The van der Waals surface area contributed by atoms with Gasteiger partial charge in [-0.25, -0.2) is 0 Å². The second-order valence-electron chi connectivity index (χ2n) is 6.93. The summed E-state index contributed by atoms with van der Waals surface area (Å²) >= 11 is 0. The zero-order chi connectivity index (χ0) is 15.2. The molecule has 1 N–H and O–H groups in total. The van der Waals surface area contributed by atoms with Crippen LogP contribution >= 0.6 is 0 Å². The quantitative estimate of drug-likeness (QED) is 0.375. The number of hydrogen-bond donors (Lipinski definition) is 1. The fourth-order valence-corrected chi connectivity index (χ4v) is 2.84. The first kappa shape index (κ1) is 20.0. The summed E-state index contributed by atoms with van der Waals surface area (Å²) in [6.45, 7) is 12.9. The Morgan fingerprint density at radius 2 is 1.25 bits per heavy atom. The van der Waals surface area contributed by atoms with Gasteiger partial charge in [-0.1, -0.05) is 86.0 Å². The fourth-order valence-electron chi connectivity index (χ4n) is 2.84. The second kappa shape index (κ2) is 13.9. The van der Waals surface area contributed by atoms with Gasteiger partial charge in [-0.2, -0.15) is 0 Å². The number of unbranched alkanes of at least 4 members (excludes halogenated alkanes) is 7. The summed E-state index contributed by atoms with van der Waals surface area (Å²) in [5.74, 6) is 1.59. The van der Waals surface area contributed by atoms with E-state index >= 15 is 0 Å². The molecule has 0 spiro atoms. The van der Waals surface area contributed by atoms with Crippen LogP contribution in [0.3, 0.4) is 0 Å². The summed E-state index contributed by atoms with van der Waals surface area (Å²) in [7, 11) is 0. The van der Waals surface area contributed by atoms with Gasteiger partial charge in [-0.05, 0) is 31.2 Å². The lowest BCUT2D eigenvalue weighted by molar-refractivity contribution is 0.279. The van der Waals surface area contributed by atoms with Crippen molar-refractivity contribution in [2.45, 2.75) is 105 Å². The molecule has 0 fully saturated rings. The first-order valence-corrected chi connectivity index (χ1v) is 9.36. The van der Waals surface area contributed by atoms with E-state index in [1.165, 1.54) is 70.8 Å². The highest BCUT2D eigenvalue weighted by atomic mass is 14.9. The Morgan fingerprint density at radius 3 is 1.75 bits per heavy atom. The van der Waals surface area contributed by atoms with Gasteiger partial charge in [-0.15, -0.1) is 0 Å². The topological polar surface area (TPSA) is 12.0 Å². The van der Waals surface area contributed by atoms with Crippen molar-refractivity contribution in [3.8, 4) is 0 Å². The second-order valence-corrected chi connectivity index (χ2v) is 6.93. The predicted octanol–water partition coefficient (Wildman–Crippen LogP) is 6.18. The zero-order valence-electron chi connectivity index (χ0n) is 15.0. The molecule has 122 valence electrons. The lowest BCUT2D eigenvalue weighted by Gasteiger charge is -2.28. The average Bonchev–Trinajstić information content (AvgIpc) is 2.44. The van der Waals surface area contributed by atoms with Crippen LogP contribution in [0.4, 0.5) is 0 Å². The Hall–Kier alpha value is -0.0400. The van der Waals surface area contributed by atoms with Crippen LogP contribution in [0.25, 0.3) is 0 Å². The van der Waals surface area contributed by atoms with E-state index in [9.17, 15) is 0 Å². The van der Waals surface area contributed by atoms with Gasteiger partial charge >= 0.3 is 0 Å². The van der Waals surface area contributed by atoms with E-state index in [0.29, 0.717) is 0 Å². The third kappa shape index (κ3) is 10.7. The van der Waals surface area contributed by atoms with Gasteiger partial charge in [0.1, 0.15) is 0 Å². The average molecular weight is 284 g/mol. The van der Waals surface area contributed by atoms with Crippen molar-refractivity contribution in [1.29, 1.82) is 0 Å². The molecule has 2 atom stereocenters. The molecule has 0 aliphatic rings. The molecule has 0 saturated carbocycles. The van der Waals surface area contributed by atoms with Crippen molar-refractivity contribution in [1.82, 2.24) is 5.32 Å². The molecule has 0 aromatic rings. The van der Waals surface area contributed by atoms with Crippen LogP contribution in [-0.2, 0) is 0 Å². The Bertz CT molecular complexity index is 188. The van der Waals surface area contributed by atoms with Crippen LogP contribution in [0.1, 0.15) is 98.8 Å². The lowest BCUT2D eigenvalue weighted by Crippen LogP contribution is -2.37. The van der Waals surface area contributed by atoms with Crippen molar-refractivity contribution in [3.05, 3.63) is 0 Å². The minimum absolute atomic E-state index is 0.732. The van der Waals surface area contributed by atoms with Crippen molar-refractivity contribution < 1.29 is 0 Å². The smallest absolute Gasteiger partial charge is 0.00951 e. The van der Waals surface area contributed by atoms with Crippen molar-refractivity contribution >= 4 is 0 Å². The minimum atomic E-state index is 0.732. The monoisotopic (exact) mass is 283 g/mol. The molecular weight excluding hydrogens is 242 g/mol. The van der Waals surface area contributed by atoms with Gasteiger partial charge in [0, 0.05) is 6.04 Å². The van der Waals surface area contributed by atoms with Gasteiger partial charge in [-0.3, -0.25) is 0 Å². The molecule has 0 amide bonds. The predicted molar refractivity (Wildman–Crippen MR) is 93.3 cm³/mol. The maximum Gasteiger partial charge on any atom is 0.00951 e. The minimum Gasteiger partial charge on any atom is -0.314 e. The van der Waals surface area contributed by atoms with Crippen LogP contribution in [-0.4, -0.2) is 12.6 Å². The lowest BCUT2D eigenvalue weighted by atomic mass is 9.87. The van der Waals surface area contributed by atoms with Gasteiger partial charge in [0.25, 0.3) is 0 Å². The number of hydrogen-bond acceptors (Lipinski definition) is 1. The van der Waals surface area contributed by atoms with Gasteiger partial charge in [0.05, 0.1) is 0 Å². The van der Waals surface area contributed by atoms with E-state index in [1.807, 2.05) is 0 Å². The third-order valence-corrected chi connectivity index (χ3v) is 4.71. The molecule has 0 aliphatic heterocycles. The molecule has 0 radical (unpaired) electrons. The van der Waals surface area contributed by atoms with Crippen LogP contribution in [0.5, 0.6) is 0 Å². The van der Waals surface area contributed by atoms with Crippen LogP contribution in [0, 0.1) is 11.8 Å². The molecule has 0 bridgehead atoms. The largest absolute Gasteiger partial charge is 0.314 e. The molecule has 0 aromatic carbocycles. The molecule has 0 aliphatic carbocycles. The summed E-state index contributed by atoms with van der Waals surface area (Å²) in [4.78, 5) is 0. The SMILES string of the molecule is CCCCCCCCCCC(NCCC)C(C)C(C)C. The Kier molecular flexibility index (Phi) is 13.9. The number of nitrogens with one attached hydrogen (secondary N) is 1. The molecule has 0 saturated heterocycles. The molecule has 0 heterocycles. The molecular formula is C19H41N. The third-order valence-electron chi connectivity index (χ3n) is 4.71. The maximum atomic E-state index is 3.77. The van der Waals surface area contributed by atoms with Crippen LogP contribution < -0.4 is 5.32 Å². The molecule has 1 nitrogen and oxygen atoms in total. The van der Waals surface area contributed by atoms with E-state index in [2.05, 4.69) is 39.9 Å². The van der Waals surface area contributed by atoms with Crippen LogP contribution in [0.2, 0.25) is 0 Å². The summed E-state index contributed by atoms with van der Waals surface area (Å²) in [6, 6.07) is 0.732. The van der Waals surface area contributed by atoms with Gasteiger partial charge < -0.3 is 5.32 Å². The summed E-state index contributed by atoms with van der Waals surface area (Å²) in [5.41, 5.74) is 0. The highest BCUT2D eigenvalue weighted by molar-refractivity contribution is 4.75. The highest BCUT2D eigenvalue weighted by Crippen LogP contribution is 2.20. The summed E-state index contributed by atoms with van der Waals surface area (Å²) in [6.07, 6.45) is 14.0. The summed E-state index contributed by atoms with van der Waals surface area (Å²) < 4.78 is 0. The standard InChI is InChI=1S/C19H41N/c1-6-8-9-10-11-12-13-14-15-19(20-16-7-2)18(5)17(3)4/h17-20H,6-16H2,1-5H3. The Labute approximate surface area is 129 Å². The first-order chi connectivity index (χ1) is 9.63. The Morgan fingerprint density at radius 1 is 0.700 bits per heavy atom. The van der Waals surface area contributed by atoms with Gasteiger partial charge in [0.15, 0.2) is 0 Å². The van der Waals surface area contributed by atoms with E-state index < -0.39 is 0 Å². The number of rotatable bonds is 14. The van der Waals surface area contributed by atoms with Crippen molar-refractivity contribution in [2.75, 3.05) is 6.54 Å². The van der Waals surface area contributed by atoms with E-state index in [1.54, 1.807) is 0 Å². The normalized spacial score (nSPS) is 14.7. The molecule has 1 heteroatoms. The summed E-state index contributed by atoms with van der Waals surface area (Å²) in [5, 5.41) is 3.77. The van der Waals surface area contributed by atoms with Crippen molar-refractivity contribution in [3.63, 3.8) is 0 Å². The molecule has 0 rings (SSSR count).